The minimum absolute atomic E-state index is 0.00779. The zero-order chi connectivity index (χ0) is 49.0. The number of aliphatic hydroxyl groups is 2. The molecule has 0 bridgehead atoms. The summed E-state index contributed by atoms with van der Waals surface area (Å²) in [5, 5.41) is 36.5. The van der Waals surface area contributed by atoms with Gasteiger partial charge in [0.15, 0.2) is 0 Å². The standard InChI is InChI=1S/C55H56FN3O11/c1-2-29-66-55-51(58(34-37-17-19-41(56)20-18-37)54(63)69-43-23-21-42(22-24-43)59(64)65)33-49(57-67-36-38-11-4-3-5-12-38)47-31-40(14-6-8-27-60)46(16-7-9-28-61)52(53(47)55)48-32-45(25-26-50(48)70-55)68-44-15-10-13-39(30-44)35-62/h2-5,10-13,15,17-26,30-32,35,40,46,51-53,60-61H,1,6-9,14,16,27-29,33-34,36H2. The number of fused-ring (bicyclic) bond motifs is 2. The molecule has 3 aliphatic rings. The fraction of sp³-hybridized carbons (Fsp3) is 0.327. The largest absolute Gasteiger partial charge is 0.459 e. The van der Waals surface area contributed by atoms with Crippen LogP contribution >= 0.6 is 0 Å². The molecule has 6 atom stereocenters. The zero-order valence-corrected chi connectivity index (χ0v) is 38.6. The lowest BCUT2D eigenvalue weighted by molar-refractivity contribution is -0.384. The second kappa shape index (κ2) is 22.9. The lowest BCUT2D eigenvalue weighted by Gasteiger charge is -2.59. The van der Waals surface area contributed by atoms with Crippen molar-refractivity contribution in [3.05, 3.63) is 184 Å². The summed E-state index contributed by atoms with van der Waals surface area (Å²) in [6.07, 6.45) is 7.77. The third-order valence-electron chi connectivity index (χ3n) is 13.3. The van der Waals surface area contributed by atoms with Gasteiger partial charge in [0.2, 0.25) is 5.79 Å². The molecule has 0 spiro atoms. The summed E-state index contributed by atoms with van der Waals surface area (Å²) in [6.45, 7) is 4.07. The van der Waals surface area contributed by atoms with Crippen molar-refractivity contribution in [1.82, 2.24) is 4.90 Å². The molecule has 70 heavy (non-hydrogen) atoms. The number of ether oxygens (including phenoxy) is 4. The molecule has 1 amide bonds. The van der Waals surface area contributed by atoms with Crippen molar-refractivity contribution in [2.24, 2.45) is 22.9 Å². The van der Waals surface area contributed by atoms with Gasteiger partial charge in [-0.3, -0.25) is 19.8 Å². The predicted molar refractivity (Wildman–Crippen MR) is 259 cm³/mol. The van der Waals surface area contributed by atoms with Crippen LogP contribution in [0.25, 0.3) is 0 Å². The summed E-state index contributed by atoms with van der Waals surface area (Å²) in [5.74, 6) is -1.95. The number of nitro groups is 1. The maximum Gasteiger partial charge on any atom is 0.416 e. The van der Waals surface area contributed by atoms with Gasteiger partial charge >= 0.3 is 6.09 Å². The van der Waals surface area contributed by atoms with Crippen LogP contribution in [0.5, 0.6) is 23.0 Å². The summed E-state index contributed by atoms with van der Waals surface area (Å²) in [6, 6.07) is 31.9. The quantitative estimate of drug-likeness (QED) is 0.0222. The van der Waals surface area contributed by atoms with Crippen LogP contribution in [0.15, 0.2) is 151 Å². The van der Waals surface area contributed by atoms with Crippen LogP contribution in [0.4, 0.5) is 14.9 Å². The third kappa shape index (κ3) is 11.1. The van der Waals surface area contributed by atoms with Crippen LogP contribution < -0.4 is 14.2 Å². The van der Waals surface area contributed by atoms with E-state index in [1.54, 1.807) is 48.5 Å². The Hall–Kier alpha value is -7.20. The van der Waals surface area contributed by atoms with Crippen molar-refractivity contribution in [1.29, 1.82) is 0 Å². The number of non-ortho nitro benzene ring substituents is 1. The first kappa shape index (κ1) is 49.2. The summed E-state index contributed by atoms with van der Waals surface area (Å²) in [5.41, 5.74) is 3.85. The van der Waals surface area contributed by atoms with E-state index >= 15 is 4.79 Å². The van der Waals surface area contributed by atoms with Crippen molar-refractivity contribution in [3.8, 4) is 23.0 Å². The Morgan fingerprint density at radius 3 is 2.33 bits per heavy atom. The number of unbranched alkanes of at least 4 members (excludes halogenated alkanes) is 2. The summed E-state index contributed by atoms with van der Waals surface area (Å²) < 4.78 is 41.4. The third-order valence-corrected chi connectivity index (χ3v) is 13.3. The zero-order valence-electron chi connectivity index (χ0n) is 38.6. The molecule has 14 nitrogen and oxygen atoms in total. The minimum Gasteiger partial charge on any atom is -0.459 e. The van der Waals surface area contributed by atoms with Crippen LogP contribution in [-0.2, 0) is 22.7 Å². The molecule has 2 N–H and O–H groups in total. The van der Waals surface area contributed by atoms with Crippen molar-refractivity contribution in [2.45, 2.75) is 75.8 Å². The summed E-state index contributed by atoms with van der Waals surface area (Å²) in [7, 11) is 0. The Balaban J connectivity index is 1.34. The fourth-order valence-corrected chi connectivity index (χ4v) is 10.1. The molecule has 0 saturated heterocycles. The molecule has 1 heterocycles. The number of carbonyl (C=O) groups excluding carboxylic acids is 2. The highest BCUT2D eigenvalue weighted by Crippen LogP contribution is 2.62. The second-order valence-corrected chi connectivity index (χ2v) is 17.7. The van der Waals surface area contributed by atoms with E-state index in [-0.39, 0.29) is 62.7 Å². The van der Waals surface area contributed by atoms with Gasteiger partial charge in [-0.25, -0.2) is 9.18 Å². The first-order valence-corrected chi connectivity index (χ1v) is 23.6. The van der Waals surface area contributed by atoms with E-state index in [1.807, 2.05) is 42.5 Å². The number of hydrogen-bond donors (Lipinski definition) is 2. The molecule has 5 aromatic rings. The number of oxime groups is 1. The highest BCUT2D eigenvalue weighted by Gasteiger charge is 2.66. The monoisotopic (exact) mass is 953 g/mol. The lowest BCUT2D eigenvalue weighted by atomic mass is 9.55. The van der Waals surface area contributed by atoms with E-state index in [9.17, 15) is 29.5 Å². The Bertz CT molecular complexity index is 2680. The van der Waals surface area contributed by atoms with Gasteiger partial charge in [0.25, 0.3) is 5.69 Å². The predicted octanol–water partition coefficient (Wildman–Crippen LogP) is 10.9. The van der Waals surface area contributed by atoms with Gasteiger partial charge in [-0.15, -0.1) is 6.58 Å². The lowest BCUT2D eigenvalue weighted by Crippen LogP contribution is -2.70. The highest BCUT2D eigenvalue weighted by atomic mass is 19.1. The van der Waals surface area contributed by atoms with E-state index < -0.39 is 40.5 Å². The topological polar surface area (TPSA) is 179 Å². The SMILES string of the molecule is C=CCOC12Oc3ccc(Oc4cccc(C=O)c4)cc3C3C(CCCCO)C(CCCCO)C=C(C(=NOCc4ccccc4)CC1N(Cc1ccc(F)cc1)C(=O)Oc1ccc([N+](=O)[O-])cc1)C32. The van der Waals surface area contributed by atoms with Crippen molar-refractivity contribution < 1.29 is 52.9 Å². The minimum atomic E-state index is -1.68. The fourth-order valence-electron chi connectivity index (χ4n) is 10.1. The van der Waals surface area contributed by atoms with Gasteiger partial charge in [-0.2, -0.15) is 0 Å². The van der Waals surface area contributed by atoms with Gasteiger partial charge < -0.3 is 34.0 Å². The number of allylic oxidation sites excluding steroid dienone is 1. The smallest absolute Gasteiger partial charge is 0.416 e. The van der Waals surface area contributed by atoms with E-state index in [0.717, 1.165) is 35.8 Å². The number of aldehydes is 1. The number of nitrogens with zero attached hydrogens (tertiary/aromatic N) is 3. The Morgan fingerprint density at radius 1 is 0.886 bits per heavy atom. The molecule has 5 aromatic carbocycles. The number of aliphatic hydroxyl groups excluding tert-OH is 2. The maximum absolute atomic E-state index is 15.1. The number of amides is 1. The molecule has 0 radical (unpaired) electrons. The van der Waals surface area contributed by atoms with E-state index in [1.165, 1.54) is 41.3 Å². The Morgan fingerprint density at radius 2 is 1.61 bits per heavy atom. The summed E-state index contributed by atoms with van der Waals surface area (Å²) >= 11 is 0. The number of nitro benzene ring substituents is 1. The van der Waals surface area contributed by atoms with Gasteiger partial charge in [0.1, 0.15) is 47.8 Å². The van der Waals surface area contributed by atoms with Crippen molar-refractivity contribution in [2.75, 3.05) is 19.8 Å². The van der Waals surface area contributed by atoms with Crippen LogP contribution in [0.1, 0.15) is 77.9 Å². The maximum atomic E-state index is 15.1. The first-order valence-electron chi connectivity index (χ1n) is 23.6. The summed E-state index contributed by atoms with van der Waals surface area (Å²) in [4.78, 5) is 45.5. The van der Waals surface area contributed by atoms with Crippen molar-refractivity contribution in [3.63, 3.8) is 0 Å². The molecule has 8 rings (SSSR count). The molecule has 0 aromatic heterocycles. The Kier molecular flexibility index (Phi) is 16.1. The molecule has 2 aliphatic carbocycles. The molecule has 1 saturated carbocycles. The number of rotatable bonds is 22. The number of benzene rings is 5. The van der Waals surface area contributed by atoms with Gasteiger partial charge in [0.05, 0.1) is 23.2 Å². The van der Waals surface area contributed by atoms with E-state index in [0.29, 0.717) is 59.8 Å². The molecule has 1 aliphatic heterocycles. The Labute approximate surface area is 405 Å². The number of carbonyl (C=O) groups is 2. The van der Waals surface area contributed by atoms with Gasteiger partial charge in [0, 0.05) is 55.4 Å². The van der Waals surface area contributed by atoms with E-state index in [2.05, 4.69) is 12.7 Å². The van der Waals surface area contributed by atoms with Gasteiger partial charge in [-0.05, 0) is 109 Å². The first-order chi connectivity index (χ1) is 34.1. The molecule has 6 unspecified atom stereocenters. The average Bonchev–Trinajstić information content (AvgIpc) is 3.37. The molecular weight excluding hydrogens is 898 g/mol. The molecular formula is C55H56FN3O11. The van der Waals surface area contributed by atoms with Crippen LogP contribution in [-0.4, -0.2) is 69.8 Å². The average molecular weight is 954 g/mol. The molecule has 1 fully saturated rings. The molecule has 364 valence electrons. The van der Waals surface area contributed by atoms with Crippen molar-refractivity contribution >= 4 is 23.8 Å². The van der Waals surface area contributed by atoms with Gasteiger partial charge in [-0.1, -0.05) is 84.7 Å². The number of hydrogen-bond acceptors (Lipinski definition) is 12. The second-order valence-electron chi connectivity index (χ2n) is 17.7. The van der Waals surface area contributed by atoms with Crippen LogP contribution in [0.3, 0.4) is 0 Å². The van der Waals surface area contributed by atoms with Crippen LogP contribution in [0, 0.1) is 33.7 Å². The van der Waals surface area contributed by atoms with Crippen LogP contribution in [0.2, 0.25) is 0 Å². The van der Waals surface area contributed by atoms with E-state index in [4.69, 9.17) is 28.9 Å². The highest BCUT2D eigenvalue weighted by molar-refractivity contribution is 6.03. The normalized spacial score (nSPS) is 21.6. The number of halogens is 1. The molecule has 15 heteroatoms.